The van der Waals surface area contributed by atoms with E-state index in [2.05, 4.69) is 17.3 Å². The van der Waals surface area contributed by atoms with E-state index in [0.29, 0.717) is 18.8 Å². The van der Waals surface area contributed by atoms with E-state index in [0.717, 1.165) is 12.1 Å². The molecule has 2 aromatic heterocycles. The zero-order valence-electron chi connectivity index (χ0n) is 11.7. The second kappa shape index (κ2) is 5.59. The third kappa shape index (κ3) is 3.24. The first kappa shape index (κ1) is 13.8. The molecular weight excluding hydrogens is 242 g/mol. The molecule has 0 aromatic carbocycles. The summed E-state index contributed by atoms with van der Waals surface area (Å²) in [5.41, 5.74) is 1.26. The Bertz CT molecular complexity index is 515. The highest BCUT2D eigenvalue weighted by molar-refractivity contribution is 5.17. The molecule has 0 radical (unpaired) electrons. The van der Waals surface area contributed by atoms with Crippen LogP contribution in [0.3, 0.4) is 0 Å². The molecule has 0 aliphatic rings. The number of nitrogens with zero attached hydrogens (tertiary/aromatic N) is 2. The Morgan fingerprint density at radius 3 is 2.95 bits per heavy atom. The Balaban J connectivity index is 1.93. The van der Waals surface area contributed by atoms with E-state index in [-0.39, 0.29) is 0 Å². The molecule has 0 fully saturated rings. The molecule has 1 unspecified atom stereocenters. The monoisotopic (exact) mass is 263 g/mol. The Kier molecular flexibility index (Phi) is 4.07. The van der Waals surface area contributed by atoms with E-state index in [1.165, 1.54) is 5.56 Å². The number of hydrogen-bond donors (Lipinski definition) is 2. The third-order valence-electron chi connectivity index (χ3n) is 3.16. The molecule has 0 spiro atoms. The maximum atomic E-state index is 10.3. The van der Waals surface area contributed by atoms with Crippen LogP contribution >= 0.6 is 0 Å². The average molecular weight is 263 g/mol. The Morgan fingerprint density at radius 1 is 1.53 bits per heavy atom. The number of aryl methyl sites for hydroxylation is 2. The van der Waals surface area contributed by atoms with Crippen molar-refractivity contribution >= 4 is 0 Å². The predicted octanol–water partition coefficient (Wildman–Crippen LogP) is 1.57. The van der Waals surface area contributed by atoms with Gasteiger partial charge in [0, 0.05) is 31.9 Å². The van der Waals surface area contributed by atoms with Crippen molar-refractivity contribution in [1.82, 2.24) is 15.1 Å². The number of aliphatic hydroxyl groups is 1. The standard InChI is InChI=1S/C14H21N3O2/c1-4-12-11(9-17(3)16-12)8-15-10-14(2,18)13-6-5-7-19-13/h5-7,9,15,18H,4,8,10H2,1-3H3. The van der Waals surface area contributed by atoms with Gasteiger partial charge in [-0.2, -0.15) is 5.10 Å². The van der Waals surface area contributed by atoms with Crippen LogP contribution in [0, 0.1) is 0 Å². The van der Waals surface area contributed by atoms with Gasteiger partial charge in [0.1, 0.15) is 11.4 Å². The molecular formula is C14H21N3O2. The molecule has 104 valence electrons. The summed E-state index contributed by atoms with van der Waals surface area (Å²) in [7, 11) is 1.92. The first-order chi connectivity index (χ1) is 9.03. The first-order valence-electron chi connectivity index (χ1n) is 6.51. The SMILES string of the molecule is CCc1nn(C)cc1CNCC(C)(O)c1ccco1. The molecule has 1 atom stereocenters. The van der Waals surface area contributed by atoms with Crippen LogP contribution in [0.2, 0.25) is 0 Å². The summed E-state index contributed by atoms with van der Waals surface area (Å²) in [5, 5.41) is 18.0. The Hall–Kier alpha value is -1.59. The molecule has 2 heterocycles. The van der Waals surface area contributed by atoms with Crippen LogP contribution in [-0.2, 0) is 25.6 Å². The lowest BCUT2D eigenvalue weighted by molar-refractivity contribution is 0.0340. The number of nitrogens with one attached hydrogen (secondary N) is 1. The van der Waals surface area contributed by atoms with Crippen LogP contribution in [0.5, 0.6) is 0 Å². The summed E-state index contributed by atoms with van der Waals surface area (Å²) in [4.78, 5) is 0. The van der Waals surface area contributed by atoms with Gasteiger partial charge in [-0.15, -0.1) is 0 Å². The molecule has 5 heteroatoms. The highest BCUT2D eigenvalue weighted by Gasteiger charge is 2.25. The van der Waals surface area contributed by atoms with E-state index < -0.39 is 5.60 Å². The van der Waals surface area contributed by atoms with Crippen LogP contribution in [0.4, 0.5) is 0 Å². The zero-order valence-corrected chi connectivity index (χ0v) is 11.7. The van der Waals surface area contributed by atoms with E-state index >= 15 is 0 Å². The summed E-state index contributed by atoms with van der Waals surface area (Å²) in [6.07, 6.45) is 4.49. The summed E-state index contributed by atoms with van der Waals surface area (Å²) in [6.45, 7) is 4.94. The largest absolute Gasteiger partial charge is 0.466 e. The topological polar surface area (TPSA) is 63.2 Å². The van der Waals surface area contributed by atoms with Crippen molar-refractivity contribution in [3.05, 3.63) is 41.6 Å². The van der Waals surface area contributed by atoms with E-state index in [1.54, 1.807) is 25.3 Å². The van der Waals surface area contributed by atoms with E-state index in [4.69, 9.17) is 4.42 Å². The number of rotatable bonds is 6. The van der Waals surface area contributed by atoms with Crippen LogP contribution in [0.15, 0.2) is 29.0 Å². The lowest BCUT2D eigenvalue weighted by Crippen LogP contribution is -2.34. The molecule has 0 saturated carbocycles. The summed E-state index contributed by atoms with van der Waals surface area (Å²) < 4.78 is 7.06. The van der Waals surface area contributed by atoms with Crippen LogP contribution in [0.25, 0.3) is 0 Å². The summed E-state index contributed by atoms with van der Waals surface area (Å²) in [5.74, 6) is 0.571. The normalized spacial score (nSPS) is 14.5. The van der Waals surface area contributed by atoms with Crippen molar-refractivity contribution in [2.45, 2.75) is 32.4 Å². The van der Waals surface area contributed by atoms with Crippen LogP contribution in [0.1, 0.15) is 30.9 Å². The third-order valence-corrected chi connectivity index (χ3v) is 3.16. The lowest BCUT2D eigenvalue weighted by Gasteiger charge is -2.21. The predicted molar refractivity (Wildman–Crippen MR) is 72.6 cm³/mol. The Morgan fingerprint density at radius 2 is 2.32 bits per heavy atom. The van der Waals surface area contributed by atoms with Gasteiger partial charge in [-0.05, 0) is 25.5 Å². The quantitative estimate of drug-likeness (QED) is 0.830. The molecule has 0 saturated heterocycles. The highest BCUT2D eigenvalue weighted by atomic mass is 16.4. The van der Waals surface area contributed by atoms with Crippen molar-refractivity contribution in [2.24, 2.45) is 7.05 Å². The van der Waals surface area contributed by atoms with E-state index in [9.17, 15) is 5.11 Å². The van der Waals surface area contributed by atoms with Gasteiger partial charge in [-0.1, -0.05) is 6.92 Å². The minimum atomic E-state index is -1.00. The molecule has 2 N–H and O–H groups in total. The van der Waals surface area contributed by atoms with Gasteiger partial charge in [0.15, 0.2) is 0 Å². The fraction of sp³-hybridized carbons (Fsp3) is 0.500. The van der Waals surface area contributed by atoms with Gasteiger partial charge < -0.3 is 14.8 Å². The maximum Gasteiger partial charge on any atom is 0.136 e. The van der Waals surface area contributed by atoms with Crippen molar-refractivity contribution in [2.75, 3.05) is 6.54 Å². The molecule has 2 aromatic rings. The zero-order chi connectivity index (χ0) is 13.9. The molecule has 5 nitrogen and oxygen atoms in total. The fourth-order valence-corrected chi connectivity index (χ4v) is 2.14. The lowest BCUT2D eigenvalue weighted by atomic mass is 10.0. The second-order valence-corrected chi connectivity index (χ2v) is 4.98. The molecule has 19 heavy (non-hydrogen) atoms. The van der Waals surface area contributed by atoms with Crippen molar-refractivity contribution in [3.63, 3.8) is 0 Å². The fourth-order valence-electron chi connectivity index (χ4n) is 2.14. The molecule has 2 rings (SSSR count). The molecule has 0 aliphatic carbocycles. The van der Waals surface area contributed by atoms with Crippen LogP contribution < -0.4 is 5.32 Å². The number of aromatic nitrogens is 2. The van der Waals surface area contributed by atoms with Gasteiger partial charge in [-0.25, -0.2) is 0 Å². The Labute approximate surface area is 113 Å². The minimum absolute atomic E-state index is 0.429. The summed E-state index contributed by atoms with van der Waals surface area (Å²) in [6, 6.07) is 3.56. The van der Waals surface area contributed by atoms with Gasteiger partial charge in [0.05, 0.1) is 12.0 Å². The average Bonchev–Trinajstić information content (AvgIpc) is 2.98. The second-order valence-electron chi connectivity index (χ2n) is 4.98. The van der Waals surface area contributed by atoms with Crippen molar-refractivity contribution < 1.29 is 9.52 Å². The van der Waals surface area contributed by atoms with Gasteiger partial charge in [0.2, 0.25) is 0 Å². The van der Waals surface area contributed by atoms with Crippen molar-refractivity contribution in [3.8, 4) is 0 Å². The van der Waals surface area contributed by atoms with Gasteiger partial charge in [0.25, 0.3) is 0 Å². The molecule has 0 amide bonds. The van der Waals surface area contributed by atoms with E-state index in [1.807, 2.05) is 17.9 Å². The highest BCUT2D eigenvalue weighted by Crippen LogP contribution is 2.20. The minimum Gasteiger partial charge on any atom is -0.466 e. The smallest absolute Gasteiger partial charge is 0.136 e. The number of hydrogen-bond acceptors (Lipinski definition) is 4. The number of furan rings is 1. The molecule has 0 bridgehead atoms. The molecule has 0 aliphatic heterocycles. The maximum absolute atomic E-state index is 10.3. The first-order valence-corrected chi connectivity index (χ1v) is 6.51. The summed E-state index contributed by atoms with van der Waals surface area (Å²) >= 11 is 0. The van der Waals surface area contributed by atoms with Crippen LogP contribution in [-0.4, -0.2) is 21.4 Å². The van der Waals surface area contributed by atoms with Crippen molar-refractivity contribution in [1.29, 1.82) is 0 Å². The van der Waals surface area contributed by atoms with Gasteiger partial charge >= 0.3 is 0 Å². The van der Waals surface area contributed by atoms with Gasteiger partial charge in [-0.3, -0.25) is 4.68 Å².